The molecule has 2 amide bonds. The summed E-state index contributed by atoms with van der Waals surface area (Å²) in [5.74, 6) is -1.92. The number of hydrogen-bond acceptors (Lipinski definition) is 3. The van der Waals surface area contributed by atoms with Crippen LogP contribution in [0.15, 0.2) is 30.3 Å². The van der Waals surface area contributed by atoms with Crippen LogP contribution in [-0.2, 0) is 9.59 Å². The topological polar surface area (TPSA) is 86.7 Å². The van der Waals surface area contributed by atoms with Crippen LogP contribution in [0, 0.1) is 0 Å². The van der Waals surface area contributed by atoms with Crippen molar-refractivity contribution in [3.8, 4) is 0 Å². The molecule has 2 N–H and O–H groups in total. The molecule has 0 aliphatic rings. The Morgan fingerprint density at radius 1 is 1.26 bits per heavy atom. The van der Waals surface area contributed by atoms with Gasteiger partial charge in [0.25, 0.3) is 5.91 Å². The first-order chi connectivity index (χ1) is 8.91. The van der Waals surface area contributed by atoms with Crippen molar-refractivity contribution in [2.45, 2.75) is 13.0 Å². The van der Waals surface area contributed by atoms with Crippen LogP contribution in [0.4, 0.5) is 0 Å². The lowest BCUT2D eigenvalue weighted by molar-refractivity contribution is -0.144. The Morgan fingerprint density at radius 2 is 1.84 bits per heavy atom. The molecule has 19 heavy (non-hydrogen) atoms. The normalized spacial score (nSPS) is 11.5. The summed E-state index contributed by atoms with van der Waals surface area (Å²) in [6.07, 6.45) is 0. The molecular formula is C13H16N2O4. The van der Waals surface area contributed by atoms with E-state index in [2.05, 4.69) is 5.32 Å². The molecule has 1 aromatic carbocycles. The maximum absolute atomic E-state index is 11.8. The summed E-state index contributed by atoms with van der Waals surface area (Å²) in [6, 6.07) is 7.71. The Labute approximate surface area is 111 Å². The van der Waals surface area contributed by atoms with Crippen molar-refractivity contribution in [3.63, 3.8) is 0 Å². The number of aliphatic carboxylic acids is 1. The maximum atomic E-state index is 11.8. The molecule has 1 unspecified atom stereocenters. The quantitative estimate of drug-likeness (QED) is 0.803. The fourth-order valence-electron chi connectivity index (χ4n) is 1.54. The molecule has 0 fully saturated rings. The second kappa shape index (κ2) is 6.53. The highest BCUT2D eigenvalue weighted by Crippen LogP contribution is 2.00. The third-order valence-electron chi connectivity index (χ3n) is 2.50. The summed E-state index contributed by atoms with van der Waals surface area (Å²) >= 11 is 0. The Hall–Kier alpha value is -2.37. The highest BCUT2D eigenvalue weighted by Gasteiger charge is 2.21. The SMILES string of the molecule is CC(NC(=O)c1ccccc1)C(=O)N(C)CC(=O)O. The monoisotopic (exact) mass is 264 g/mol. The minimum atomic E-state index is -1.10. The molecule has 0 radical (unpaired) electrons. The molecule has 6 nitrogen and oxygen atoms in total. The van der Waals surface area contributed by atoms with Crippen molar-refractivity contribution >= 4 is 17.8 Å². The molecule has 0 saturated carbocycles. The predicted molar refractivity (Wildman–Crippen MR) is 68.6 cm³/mol. The Kier molecular flexibility index (Phi) is 5.05. The molecule has 102 valence electrons. The molecule has 1 rings (SSSR count). The van der Waals surface area contributed by atoms with Gasteiger partial charge in [0.1, 0.15) is 12.6 Å². The molecule has 0 aliphatic heterocycles. The number of carboxylic acids is 1. The lowest BCUT2D eigenvalue weighted by atomic mass is 10.2. The van der Waals surface area contributed by atoms with Gasteiger partial charge in [0.05, 0.1) is 0 Å². The first-order valence-corrected chi connectivity index (χ1v) is 5.74. The van der Waals surface area contributed by atoms with Gasteiger partial charge in [0.15, 0.2) is 0 Å². The number of nitrogens with one attached hydrogen (secondary N) is 1. The average Bonchev–Trinajstić information content (AvgIpc) is 2.37. The van der Waals surface area contributed by atoms with Gasteiger partial charge in [-0.1, -0.05) is 18.2 Å². The van der Waals surface area contributed by atoms with Gasteiger partial charge >= 0.3 is 5.97 Å². The average molecular weight is 264 g/mol. The third-order valence-corrected chi connectivity index (χ3v) is 2.50. The fourth-order valence-corrected chi connectivity index (χ4v) is 1.54. The van der Waals surface area contributed by atoms with Gasteiger partial charge < -0.3 is 15.3 Å². The molecular weight excluding hydrogens is 248 g/mol. The molecule has 1 aromatic rings. The number of hydrogen-bond donors (Lipinski definition) is 2. The lowest BCUT2D eigenvalue weighted by Gasteiger charge is -2.20. The Bertz CT molecular complexity index is 473. The second-order valence-electron chi connectivity index (χ2n) is 4.15. The van der Waals surface area contributed by atoms with Crippen LogP contribution in [0.2, 0.25) is 0 Å². The molecule has 1 atom stereocenters. The highest BCUT2D eigenvalue weighted by atomic mass is 16.4. The van der Waals surface area contributed by atoms with E-state index >= 15 is 0 Å². The van der Waals surface area contributed by atoms with Crippen LogP contribution in [-0.4, -0.2) is 47.4 Å². The van der Waals surface area contributed by atoms with Crippen molar-refractivity contribution in [2.75, 3.05) is 13.6 Å². The van der Waals surface area contributed by atoms with E-state index in [1.54, 1.807) is 30.3 Å². The number of carbonyl (C=O) groups is 3. The zero-order valence-corrected chi connectivity index (χ0v) is 10.8. The Balaban J connectivity index is 2.59. The van der Waals surface area contributed by atoms with E-state index in [9.17, 15) is 14.4 Å². The van der Waals surface area contributed by atoms with Crippen LogP contribution < -0.4 is 5.32 Å². The molecule has 0 aliphatic carbocycles. The van der Waals surface area contributed by atoms with Crippen molar-refractivity contribution in [1.29, 1.82) is 0 Å². The van der Waals surface area contributed by atoms with E-state index in [-0.39, 0.29) is 5.91 Å². The summed E-state index contributed by atoms with van der Waals surface area (Å²) in [5, 5.41) is 11.1. The van der Waals surface area contributed by atoms with Gasteiger partial charge in [-0.2, -0.15) is 0 Å². The minimum Gasteiger partial charge on any atom is -0.480 e. The van der Waals surface area contributed by atoms with Crippen LogP contribution in [0.25, 0.3) is 0 Å². The van der Waals surface area contributed by atoms with E-state index in [1.165, 1.54) is 14.0 Å². The van der Waals surface area contributed by atoms with E-state index in [1.807, 2.05) is 0 Å². The molecule has 0 aromatic heterocycles. The summed E-state index contributed by atoms with van der Waals surface area (Å²) in [7, 11) is 1.38. The third kappa shape index (κ3) is 4.42. The predicted octanol–water partition coefficient (Wildman–Crippen LogP) is 0.348. The van der Waals surface area contributed by atoms with Crippen LogP contribution in [0.5, 0.6) is 0 Å². The first kappa shape index (κ1) is 14.7. The van der Waals surface area contributed by atoms with E-state index in [0.29, 0.717) is 5.56 Å². The lowest BCUT2D eigenvalue weighted by Crippen LogP contribution is -2.46. The smallest absolute Gasteiger partial charge is 0.323 e. The molecule has 0 heterocycles. The van der Waals surface area contributed by atoms with Gasteiger partial charge in [-0.05, 0) is 19.1 Å². The van der Waals surface area contributed by atoms with Crippen LogP contribution in [0.3, 0.4) is 0 Å². The molecule has 0 spiro atoms. The zero-order chi connectivity index (χ0) is 14.4. The summed E-state index contributed by atoms with van der Waals surface area (Å²) in [5.41, 5.74) is 0.447. The number of carbonyl (C=O) groups excluding carboxylic acids is 2. The second-order valence-corrected chi connectivity index (χ2v) is 4.15. The number of rotatable bonds is 5. The summed E-state index contributed by atoms with van der Waals surface area (Å²) in [4.78, 5) is 35.2. The van der Waals surface area contributed by atoms with Crippen molar-refractivity contribution in [1.82, 2.24) is 10.2 Å². The molecule has 6 heteroatoms. The summed E-state index contributed by atoms with van der Waals surface area (Å²) < 4.78 is 0. The van der Waals surface area contributed by atoms with Crippen LogP contribution >= 0.6 is 0 Å². The molecule has 0 bridgehead atoms. The zero-order valence-electron chi connectivity index (χ0n) is 10.8. The number of likely N-dealkylation sites (N-methyl/N-ethyl adjacent to an activating group) is 1. The van der Waals surface area contributed by atoms with Gasteiger partial charge in [0.2, 0.25) is 5.91 Å². The van der Waals surface area contributed by atoms with Gasteiger partial charge in [-0.15, -0.1) is 0 Å². The number of nitrogens with zero attached hydrogens (tertiary/aromatic N) is 1. The van der Waals surface area contributed by atoms with Gasteiger partial charge in [0, 0.05) is 12.6 Å². The van der Waals surface area contributed by atoms with E-state index in [4.69, 9.17) is 5.11 Å². The first-order valence-electron chi connectivity index (χ1n) is 5.74. The highest BCUT2D eigenvalue weighted by molar-refractivity contribution is 5.97. The number of benzene rings is 1. The molecule has 0 saturated heterocycles. The Morgan fingerprint density at radius 3 is 2.37 bits per heavy atom. The number of amides is 2. The van der Waals surface area contributed by atoms with Crippen molar-refractivity contribution in [2.24, 2.45) is 0 Å². The van der Waals surface area contributed by atoms with Gasteiger partial charge in [-0.3, -0.25) is 14.4 Å². The van der Waals surface area contributed by atoms with Crippen molar-refractivity contribution < 1.29 is 19.5 Å². The van der Waals surface area contributed by atoms with Crippen molar-refractivity contribution in [3.05, 3.63) is 35.9 Å². The summed E-state index contributed by atoms with van der Waals surface area (Å²) in [6.45, 7) is 1.12. The maximum Gasteiger partial charge on any atom is 0.323 e. The number of carboxylic acid groups (broad SMARTS) is 1. The minimum absolute atomic E-state index is 0.370. The van der Waals surface area contributed by atoms with Crippen LogP contribution in [0.1, 0.15) is 17.3 Å². The largest absolute Gasteiger partial charge is 0.480 e. The van der Waals surface area contributed by atoms with E-state index < -0.39 is 24.5 Å². The van der Waals surface area contributed by atoms with Gasteiger partial charge in [-0.25, -0.2) is 0 Å². The fraction of sp³-hybridized carbons (Fsp3) is 0.308. The van der Waals surface area contributed by atoms with E-state index in [0.717, 1.165) is 4.90 Å². The standard InChI is InChI=1S/C13H16N2O4/c1-9(13(19)15(2)8-11(16)17)14-12(18)10-6-4-3-5-7-10/h3-7,9H,8H2,1-2H3,(H,14,18)(H,16,17).